The fourth-order valence-electron chi connectivity index (χ4n) is 2.59. The van der Waals surface area contributed by atoms with Gasteiger partial charge in [-0.25, -0.2) is 0 Å². The molecule has 0 fully saturated rings. The van der Waals surface area contributed by atoms with Gasteiger partial charge < -0.3 is 9.30 Å². The molecule has 18 heavy (non-hydrogen) atoms. The van der Waals surface area contributed by atoms with Crippen LogP contribution >= 0.6 is 11.3 Å². The van der Waals surface area contributed by atoms with Crippen LogP contribution in [-0.2, 0) is 19.9 Å². The summed E-state index contributed by atoms with van der Waals surface area (Å²) in [5, 5.41) is 0. The number of hydrogen-bond acceptors (Lipinski definition) is 3. The third kappa shape index (κ3) is 1.60. The number of aromatic nitrogens is 1. The van der Waals surface area contributed by atoms with Gasteiger partial charge >= 0.3 is 0 Å². The molecule has 1 aliphatic rings. The molecule has 0 saturated heterocycles. The van der Waals surface area contributed by atoms with E-state index in [1.807, 2.05) is 13.1 Å². The molecule has 3 nitrogen and oxygen atoms in total. The highest BCUT2D eigenvalue weighted by Gasteiger charge is 2.21. The Balaban J connectivity index is 2.25. The summed E-state index contributed by atoms with van der Waals surface area (Å²) in [5.41, 5.74) is 4.02. The molecule has 3 rings (SSSR count). The van der Waals surface area contributed by atoms with Gasteiger partial charge in [0, 0.05) is 24.5 Å². The normalized spacial score (nSPS) is 14.3. The van der Waals surface area contributed by atoms with Crippen molar-refractivity contribution in [3.8, 4) is 17.0 Å². The lowest BCUT2D eigenvalue weighted by Gasteiger charge is -2.18. The van der Waals surface area contributed by atoms with E-state index in [1.54, 1.807) is 18.4 Å². The fraction of sp³-hybridized carbons (Fsp3) is 0.357. The van der Waals surface area contributed by atoms with Crippen LogP contribution in [0.5, 0.6) is 5.75 Å². The third-order valence-electron chi connectivity index (χ3n) is 3.48. The van der Waals surface area contributed by atoms with Crippen LogP contribution < -0.4 is 9.54 Å². The first-order chi connectivity index (χ1) is 8.74. The van der Waals surface area contributed by atoms with E-state index in [1.165, 1.54) is 21.7 Å². The Labute approximate surface area is 110 Å². The summed E-state index contributed by atoms with van der Waals surface area (Å²) in [6.45, 7) is 0. The van der Waals surface area contributed by atoms with Crippen molar-refractivity contribution in [3.63, 3.8) is 0 Å². The minimum atomic E-state index is 0.940. The number of hydrogen-bond donors (Lipinski definition) is 0. The zero-order valence-corrected chi connectivity index (χ0v) is 11.7. The number of aryl methyl sites for hydroxylation is 2. The maximum atomic E-state index is 5.30. The molecule has 0 spiro atoms. The standard InChI is InChI=1S/C14H16N2OS/c1-15-14-16(2)13-11-6-5-10(17-3)8-9(11)4-7-12(13)18-14/h5-6,8H,4,7H2,1-3H3. The predicted octanol–water partition coefficient (Wildman–Crippen LogP) is 2.39. The Kier molecular flexibility index (Phi) is 2.74. The molecule has 4 heteroatoms. The monoisotopic (exact) mass is 260 g/mol. The zero-order valence-electron chi connectivity index (χ0n) is 10.9. The molecule has 0 atom stereocenters. The number of fused-ring (bicyclic) bond motifs is 3. The van der Waals surface area contributed by atoms with E-state index >= 15 is 0 Å². The van der Waals surface area contributed by atoms with Crippen molar-refractivity contribution in [2.45, 2.75) is 12.8 Å². The van der Waals surface area contributed by atoms with Crippen LogP contribution in [0.2, 0.25) is 0 Å². The number of nitrogens with zero attached hydrogens (tertiary/aromatic N) is 2. The third-order valence-corrected chi connectivity index (χ3v) is 4.76. The topological polar surface area (TPSA) is 26.5 Å². The molecule has 94 valence electrons. The molecule has 0 N–H and O–H groups in total. The van der Waals surface area contributed by atoms with Gasteiger partial charge in [-0.3, -0.25) is 4.99 Å². The van der Waals surface area contributed by atoms with Gasteiger partial charge in [-0.1, -0.05) is 0 Å². The minimum absolute atomic E-state index is 0.940. The average molecular weight is 260 g/mol. The highest BCUT2D eigenvalue weighted by molar-refractivity contribution is 7.09. The van der Waals surface area contributed by atoms with E-state index < -0.39 is 0 Å². The van der Waals surface area contributed by atoms with Crippen LogP contribution in [0.25, 0.3) is 11.3 Å². The first-order valence-corrected chi connectivity index (χ1v) is 6.85. The van der Waals surface area contributed by atoms with Crippen molar-refractivity contribution < 1.29 is 4.74 Å². The Bertz CT molecular complexity index is 667. The number of methoxy groups -OCH3 is 1. The van der Waals surface area contributed by atoms with Crippen LogP contribution in [-0.4, -0.2) is 18.7 Å². The van der Waals surface area contributed by atoms with Gasteiger partial charge in [0.25, 0.3) is 0 Å². The first-order valence-electron chi connectivity index (χ1n) is 6.03. The number of thiazole rings is 1. The van der Waals surface area contributed by atoms with Crippen molar-refractivity contribution in [1.29, 1.82) is 0 Å². The summed E-state index contributed by atoms with van der Waals surface area (Å²) < 4.78 is 7.50. The number of rotatable bonds is 1. The van der Waals surface area contributed by atoms with E-state index in [4.69, 9.17) is 4.74 Å². The van der Waals surface area contributed by atoms with E-state index in [2.05, 4.69) is 28.7 Å². The minimum Gasteiger partial charge on any atom is -0.497 e. The molecular formula is C14H16N2OS. The zero-order chi connectivity index (χ0) is 12.7. The van der Waals surface area contributed by atoms with Gasteiger partial charge in [0.1, 0.15) is 5.75 Å². The largest absolute Gasteiger partial charge is 0.497 e. The highest BCUT2D eigenvalue weighted by atomic mass is 32.1. The quantitative estimate of drug-likeness (QED) is 0.773. The molecule has 0 unspecified atom stereocenters. The van der Waals surface area contributed by atoms with Crippen molar-refractivity contribution in [3.05, 3.63) is 33.4 Å². The Hall–Kier alpha value is -1.55. The molecule has 0 radical (unpaired) electrons. The Morgan fingerprint density at radius 2 is 2.17 bits per heavy atom. The van der Waals surface area contributed by atoms with Crippen LogP contribution in [0.4, 0.5) is 0 Å². The molecule has 0 saturated carbocycles. The van der Waals surface area contributed by atoms with Gasteiger partial charge in [0.2, 0.25) is 0 Å². The van der Waals surface area contributed by atoms with Crippen LogP contribution in [0, 0.1) is 0 Å². The van der Waals surface area contributed by atoms with E-state index in [0.717, 1.165) is 23.4 Å². The second kappa shape index (κ2) is 4.28. The van der Waals surface area contributed by atoms with Crippen molar-refractivity contribution in [2.75, 3.05) is 14.2 Å². The Morgan fingerprint density at radius 3 is 2.89 bits per heavy atom. The predicted molar refractivity (Wildman–Crippen MR) is 74.2 cm³/mol. The lowest BCUT2D eigenvalue weighted by atomic mass is 9.93. The number of ether oxygens (including phenoxy) is 1. The average Bonchev–Trinajstić information content (AvgIpc) is 2.75. The van der Waals surface area contributed by atoms with E-state index in [0.29, 0.717) is 0 Å². The van der Waals surface area contributed by atoms with E-state index in [9.17, 15) is 0 Å². The second-order valence-corrected chi connectivity index (χ2v) is 5.52. The fourth-order valence-corrected chi connectivity index (χ4v) is 3.68. The molecule has 1 aromatic heterocycles. The summed E-state index contributed by atoms with van der Waals surface area (Å²) in [7, 11) is 5.66. The van der Waals surface area contributed by atoms with E-state index in [-0.39, 0.29) is 0 Å². The summed E-state index contributed by atoms with van der Waals surface area (Å²) in [5.74, 6) is 0.940. The van der Waals surface area contributed by atoms with Crippen molar-refractivity contribution in [1.82, 2.24) is 4.57 Å². The second-order valence-electron chi connectivity index (χ2n) is 4.46. The van der Waals surface area contributed by atoms with Crippen LogP contribution in [0.15, 0.2) is 23.2 Å². The molecule has 1 heterocycles. The highest BCUT2D eigenvalue weighted by Crippen LogP contribution is 2.36. The van der Waals surface area contributed by atoms with Gasteiger partial charge in [-0.15, -0.1) is 11.3 Å². The smallest absolute Gasteiger partial charge is 0.184 e. The summed E-state index contributed by atoms with van der Waals surface area (Å²) >= 11 is 1.80. The van der Waals surface area contributed by atoms with Gasteiger partial charge in [0.05, 0.1) is 12.8 Å². The molecule has 2 aromatic rings. The van der Waals surface area contributed by atoms with Crippen molar-refractivity contribution >= 4 is 11.3 Å². The first kappa shape index (κ1) is 11.5. The SMILES string of the molecule is CN=c1sc2c(n1C)-c1ccc(OC)cc1CC2. The van der Waals surface area contributed by atoms with Gasteiger partial charge in [-0.05, 0) is 36.6 Å². The lowest BCUT2D eigenvalue weighted by molar-refractivity contribution is 0.414. The number of benzene rings is 1. The maximum Gasteiger partial charge on any atom is 0.184 e. The summed E-state index contributed by atoms with van der Waals surface area (Å²) in [6.07, 6.45) is 2.19. The molecule has 0 bridgehead atoms. The summed E-state index contributed by atoms with van der Waals surface area (Å²) in [6, 6.07) is 6.35. The Morgan fingerprint density at radius 1 is 1.33 bits per heavy atom. The molecular weight excluding hydrogens is 244 g/mol. The molecule has 0 amide bonds. The maximum absolute atomic E-state index is 5.30. The summed E-state index contributed by atoms with van der Waals surface area (Å²) in [4.78, 5) is 6.87. The lowest BCUT2D eigenvalue weighted by Crippen LogP contribution is -2.12. The van der Waals surface area contributed by atoms with Crippen LogP contribution in [0.1, 0.15) is 10.4 Å². The molecule has 1 aromatic carbocycles. The van der Waals surface area contributed by atoms with Gasteiger partial charge in [-0.2, -0.15) is 0 Å². The molecule has 1 aliphatic carbocycles. The molecule has 0 aliphatic heterocycles. The van der Waals surface area contributed by atoms with Crippen LogP contribution in [0.3, 0.4) is 0 Å². The van der Waals surface area contributed by atoms with Gasteiger partial charge in [0.15, 0.2) is 4.80 Å². The van der Waals surface area contributed by atoms with Crippen molar-refractivity contribution in [2.24, 2.45) is 12.0 Å².